The van der Waals surface area contributed by atoms with Crippen molar-refractivity contribution in [3.63, 3.8) is 0 Å². The minimum absolute atomic E-state index is 0.462. The van der Waals surface area contributed by atoms with Crippen molar-refractivity contribution in [1.82, 2.24) is 15.3 Å². The number of methoxy groups -OCH3 is 2. The van der Waals surface area contributed by atoms with E-state index in [1.54, 1.807) is 14.2 Å². The van der Waals surface area contributed by atoms with Gasteiger partial charge in [-0.2, -0.15) is 0 Å². The third-order valence-corrected chi connectivity index (χ3v) is 3.98. The average Bonchev–Trinajstić information content (AvgIpc) is 3.05. The summed E-state index contributed by atoms with van der Waals surface area (Å²) < 4.78 is 10.7. The normalized spacial score (nSPS) is 18.5. The third kappa shape index (κ3) is 2.88. The molecule has 5 nitrogen and oxygen atoms in total. The van der Waals surface area contributed by atoms with Gasteiger partial charge in [0, 0.05) is 18.0 Å². The molecule has 2 N–H and O–H groups in total. The highest BCUT2D eigenvalue weighted by atomic mass is 16.5. The van der Waals surface area contributed by atoms with Crippen molar-refractivity contribution < 1.29 is 9.47 Å². The van der Waals surface area contributed by atoms with Gasteiger partial charge in [0.25, 0.3) is 0 Å². The number of piperidine rings is 1. The van der Waals surface area contributed by atoms with Crippen LogP contribution in [0.4, 0.5) is 0 Å². The molecule has 1 atom stereocenters. The number of imidazole rings is 1. The summed E-state index contributed by atoms with van der Waals surface area (Å²) in [6.45, 7) is 2.09. The van der Waals surface area contributed by atoms with E-state index in [-0.39, 0.29) is 0 Å². The number of aromatic amines is 1. The van der Waals surface area contributed by atoms with E-state index in [0.717, 1.165) is 41.7 Å². The first-order valence-corrected chi connectivity index (χ1v) is 7.30. The number of rotatable bonds is 4. The van der Waals surface area contributed by atoms with E-state index in [1.807, 2.05) is 24.4 Å². The fourth-order valence-electron chi connectivity index (χ4n) is 2.79. The van der Waals surface area contributed by atoms with Gasteiger partial charge in [0.2, 0.25) is 0 Å². The molecule has 5 heteroatoms. The largest absolute Gasteiger partial charge is 0.497 e. The Labute approximate surface area is 124 Å². The Hall–Kier alpha value is -2.01. The zero-order chi connectivity index (χ0) is 14.7. The predicted octanol–water partition coefficient (Wildman–Crippen LogP) is 2.56. The van der Waals surface area contributed by atoms with Crippen LogP contribution < -0.4 is 14.8 Å². The fourth-order valence-corrected chi connectivity index (χ4v) is 2.79. The van der Waals surface area contributed by atoms with Crippen LogP contribution in [0, 0.1) is 0 Å². The molecular weight excluding hydrogens is 266 g/mol. The molecule has 1 aromatic heterocycles. The van der Waals surface area contributed by atoms with Crippen molar-refractivity contribution in [1.29, 1.82) is 0 Å². The van der Waals surface area contributed by atoms with Gasteiger partial charge in [0.1, 0.15) is 17.3 Å². The molecule has 1 saturated heterocycles. The highest BCUT2D eigenvalue weighted by molar-refractivity contribution is 5.68. The van der Waals surface area contributed by atoms with E-state index in [2.05, 4.69) is 15.3 Å². The first kappa shape index (κ1) is 13.9. The maximum atomic E-state index is 5.44. The molecule has 21 heavy (non-hydrogen) atoms. The lowest BCUT2D eigenvalue weighted by molar-refractivity contribution is 0.404. The van der Waals surface area contributed by atoms with Crippen LogP contribution in [0.2, 0.25) is 0 Å². The van der Waals surface area contributed by atoms with Crippen LogP contribution >= 0.6 is 0 Å². The van der Waals surface area contributed by atoms with Crippen molar-refractivity contribution in [3.05, 3.63) is 30.2 Å². The molecule has 2 heterocycles. The number of nitrogens with one attached hydrogen (secondary N) is 2. The molecule has 0 bridgehead atoms. The monoisotopic (exact) mass is 287 g/mol. The van der Waals surface area contributed by atoms with Gasteiger partial charge in [-0.05, 0) is 37.6 Å². The van der Waals surface area contributed by atoms with Gasteiger partial charge in [-0.3, -0.25) is 0 Å². The van der Waals surface area contributed by atoms with Crippen LogP contribution in [0.5, 0.6) is 11.5 Å². The van der Waals surface area contributed by atoms with Crippen LogP contribution in [0.3, 0.4) is 0 Å². The van der Waals surface area contributed by atoms with Crippen LogP contribution in [0.1, 0.15) is 24.6 Å². The van der Waals surface area contributed by atoms with Gasteiger partial charge < -0.3 is 19.8 Å². The standard InChI is InChI=1S/C16H21N3O2/c1-20-12-5-6-15(21-2)13(8-12)14-10-18-16(19-14)11-4-3-7-17-9-11/h5-6,8,10-11,17H,3-4,7,9H2,1-2H3,(H,18,19). The van der Waals surface area contributed by atoms with Gasteiger partial charge in [0.15, 0.2) is 0 Å². The summed E-state index contributed by atoms with van der Waals surface area (Å²) in [6, 6.07) is 5.77. The van der Waals surface area contributed by atoms with Crippen LogP contribution in [0.15, 0.2) is 24.4 Å². The van der Waals surface area contributed by atoms with Crippen molar-refractivity contribution in [2.75, 3.05) is 27.3 Å². The number of nitrogens with zero attached hydrogens (tertiary/aromatic N) is 1. The molecule has 1 aliphatic heterocycles. The predicted molar refractivity (Wildman–Crippen MR) is 82.0 cm³/mol. The highest BCUT2D eigenvalue weighted by Crippen LogP contribution is 2.33. The van der Waals surface area contributed by atoms with E-state index in [9.17, 15) is 0 Å². The smallest absolute Gasteiger partial charge is 0.128 e. The van der Waals surface area contributed by atoms with Crippen LogP contribution in [-0.4, -0.2) is 37.3 Å². The van der Waals surface area contributed by atoms with Crippen molar-refractivity contribution in [3.8, 4) is 22.8 Å². The summed E-state index contributed by atoms with van der Waals surface area (Å²) in [4.78, 5) is 7.99. The van der Waals surface area contributed by atoms with Gasteiger partial charge in [-0.15, -0.1) is 0 Å². The van der Waals surface area contributed by atoms with Gasteiger partial charge in [-0.1, -0.05) is 0 Å². The third-order valence-electron chi connectivity index (χ3n) is 3.98. The molecule has 3 rings (SSSR count). The molecule has 1 aromatic carbocycles. The lowest BCUT2D eigenvalue weighted by atomic mass is 9.99. The summed E-state index contributed by atoms with van der Waals surface area (Å²) in [7, 11) is 3.34. The molecule has 0 aliphatic carbocycles. The van der Waals surface area contributed by atoms with Crippen LogP contribution in [0.25, 0.3) is 11.3 Å². The van der Waals surface area contributed by atoms with E-state index < -0.39 is 0 Å². The van der Waals surface area contributed by atoms with Gasteiger partial charge >= 0.3 is 0 Å². The zero-order valence-corrected chi connectivity index (χ0v) is 12.5. The van der Waals surface area contributed by atoms with Gasteiger partial charge in [0.05, 0.1) is 26.1 Å². The summed E-state index contributed by atoms with van der Waals surface area (Å²) in [5.74, 6) is 3.13. The molecular formula is C16H21N3O2. The molecule has 112 valence electrons. The van der Waals surface area contributed by atoms with E-state index in [0.29, 0.717) is 5.92 Å². The lowest BCUT2D eigenvalue weighted by Gasteiger charge is -2.20. The maximum Gasteiger partial charge on any atom is 0.128 e. The molecule has 2 aromatic rings. The summed E-state index contributed by atoms with van der Waals surface area (Å²) in [5.41, 5.74) is 1.94. The van der Waals surface area contributed by atoms with Crippen molar-refractivity contribution in [2.45, 2.75) is 18.8 Å². The number of ether oxygens (including phenoxy) is 2. The average molecular weight is 287 g/mol. The molecule has 0 radical (unpaired) electrons. The molecule has 1 fully saturated rings. The Balaban J connectivity index is 1.91. The van der Waals surface area contributed by atoms with E-state index in [1.165, 1.54) is 12.8 Å². The first-order valence-electron chi connectivity index (χ1n) is 7.30. The molecule has 0 saturated carbocycles. The molecule has 0 spiro atoms. The summed E-state index contributed by atoms with van der Waals surface area (Å²) >= 11 is 0. The molecule has 0 amide bonds. The topological polar surface area (TPSA) is 59.2 Å². The number of aromatic nitrogens is 2. The Morgan fingerprint density at radius 1 is 1.24 bits per heavy atom. The number of hydrogen-bond donors (Lipinski definition) is 2. The first-order chi connectivity index (χ1) is 10.3. The van der Waals surface area contributed by atoms with Crippen molar-refractivity contribution >= 4 is 0 Å². The second kappa shape index (κ2) is 6.18. The maximum absolute atomic E-state index is 5.44. The van der Waals surface area contributed by atoms with Crippen molar-refractivity contribution in [2.24, 2.45) is 0 Å². The quantitative estimate of drug-likeness (QED) is 0.907. The number of H-pyrrole nitrogens is 1. The number of benzene rings is 1. The van der Waals surface area contributed by atoms with E-state index in [4.69, 9.17) is 9.47 Å². The Kier molecular flexibility index (Phi) is 4.10. The van der Waals surface area contributed by atoms with Gasteiger partial charge in [-0.25, -0.2) is 4.98 Å². The second-order valence-electron chi connectivity index (χ2n) is 5.29. The fraction of sp³-hybridized carbons (Fsp3) is 0.438. The second-order valence-corrected chi connectivity index (χ2v) is 5.29. The minimum Gasteiger partial charge on any atom is -0.497 e. The highest BCUT2D eigenvalue weighted by Gasteiger charge is 2.19. The van der Waals surface area contributed by atoms with E-state index >= 15 is 0 Å². The SMILES string of the molecule is COc1ccc(OC)c(-c2cnc(C3CCCNC3)[nH]2)c1. The summed E-state index contributed by atoms with van der Waals surface area (Å²) in [5, 5.41) is 3.42. The number of hydrogen-bond acceptors (Lipinski definition) is 4. The zero-order valence-electron chi connectivity index (χ0n) is 12.5. The minimum atomic E-state index is 0.462. The lowest BCUT2D eigenvalue weighted by Crippen LogP contribution is -2.28. The van der Waals surface area contributed by atoms with Crippen LogP contribution in [-0.2, 0) is 0 Å². The molecule has 1 aliphatic rings. The molecule has 1 unspecified atom stereocenters. The Morgan fingerprint density at radius 3 is 2.86 bits per heavy atom. The Morgan fingerprint density at radius 2 is 2.14 bits per heavy atom. The summed E-state index contributed by atoms with van der Waals surface area (Å²) in [6.07, 6.45) is 4.25. The Bertz CT molecular complexity index is 603.